The van der Waals surface area contributed by atoms with Gasteiger partial charge >= 0.3 is 0 Å². The zero-order valence-electron chi connectivity index (χ0n) is 11.9. The second kappa shape index (κ2) is 6.11. The number of rotatable bonds is 4. The van der Waals surface area contributed by atoms with Crippen molar-refractivity contribution in [3.05, 3.63) is 64.8 Å². The molecule has 0 saturated carbocycles. The third kappa shape index (κ3) is 2.84. The minimum absolute atomic E-state index is 0.0569. The van der Waals surface area contributed by atoms with Crippen LogP contribution in [-0.4, -0.2) is 22.2 Å². The molecule has 3 aromatic rings. The van der Waals surface area contributed by atoms with E-state index in [1.807, 2.05) is 44.3 Å². The number of hydrogen-bond acceptors (Lipinski definition) is 5. The predicted molar refractivity (Wildman–Crippen MR) is 85.2 cm³/mol. The first-order valence-electron chi connectivity index (χ1n) is 6.77. The van der Waals surface area contributed by atoms with Crippen molar-refractivity contribution in [2.75, 3.05) is 7.05 Å². The molecule has 1 unspecified atom stereocenters. The average molecular weight is 296 g/mol. The van der Waals surface area contributed by atoms with Crippen LogP contribution in [0.5, 0.6) is 0 Å². The number of hydrogen-bond donors (Lipinski definition) is 1. The normalized spacial score (nSPS) is 12.3. The summed E-state index contributed by atoms with van der Waals surface area (Å²) < 4.78 is 0. The van der Waals surface area contributed by atoms with E-state index in [2.05, 4.69) is 32.6 Å². The Bertz CT molecular complexity index is 724. The van der Waals surface area contributed by atoms with Gasteiger partial charge in [-0.2, -0.15) is 0 Å². The molecule has 2 heterocycles. The molecule has 0 amide bonds. The van der Waals surface area contributed by atoms with Crippen LogP contribution in [0.2, 0.25) is 0 Å². The molecule has 0 bridgehead atoms. The Balaban J connectivity index is 1.96. The topological polar surface area (TPSA) is 50.7 Å². The van der Waals surface area contributed by atoms with Gasteiger partial charge in [0.1, 0.15) is 10.7 Å². The number of nitrogens with one attached hydrogen (secondary N) is 1. The van der Waals surface area contributed by atoms with Crippen LogP contribution in [0.15, 0.2) is 48.7 Å². The third-order valence-electron chi connectivity index (χ3n) is 3.32. The summed E-state index contributed by atoms with van der Waals surface area (Å²) in [6.45, 7) is 2.04. The van der Waals surface area contributed by atoms with E-state index in [1.165, 1.54) is 5.56 Å². The first kappa shape index (κ1) is 13.9. The van der Waals surface area contributed by atoms with Crippen molar-refractivity contribution in [2.24, 2.45) is 0 Å². The molecular weight excluding hydrogens is 280 g/mol. The zero-order chi connectivity index (χ0) is 14.7. The van der Waals surface area contributed by atoms with Gasteiger partial charge in [0.2, 0.25) is 0 Å². The smallest absolute Gasteiger partial charge is 0.166 e. The van der Waals surface area contributed by atoms with Crippen LogP contribution < -0.4 is 5.32 Å². The molecule has 0 spiro atoms. The average Bonchev–Trinajstić information content (AvgIpc) is 2.99. The maximum Gasteiger partial charge on any atom is 0.166 e. The lowest BCUT2D eigenvalue weighted by molar-refractivity contribution is 0.678. The molecule has 3 rings (SSSR count). The molecule has 0 saturated heterocycles. The lowest BCUT2D eigenvalue weighted by atomic mass is 10.1. The second-order valence-corrected chi connectivity index (χ2v) is 5.76. The van der Waals surface area contributed by atoms with Crippen LogP contribution in [0.25, 0.3) is 10.7 Å². The lowest BCUT2D eigenvalue weighted by Crippen LogP contribution is -2.17. The van der Waals surface area contributed by atoms with Crippen LogP contribution in [0, 0.1) is 6.92 Å². The van der Waals surface area contributed by atoms with Gasteiger partial charge in [-0.3, -0.25) is 4.98 Å². The molecular formula is C16H16N4S. The molecule has 2 aromatic heterocycles. The largest absolute Gasteiger partial charge is 0.307 e. The van der Waals surface area contributed by atoms with Crippen LogP contribution in [0.3, 0.4) is 0 Å². The molecule has 0 aliphatic carbocycles. The van der Waals surface area contributed by atoms with Gasteiger partial charge < -0.3 is 5.32 Å². The van der Waals surface area contributed by atoms with Crippen LogP contribution in [0.1, 0.15) is 22.2 Å². The molecule has 21 heavy (non-hydrogen) atoms. The maximum atomic E-state index is 4.41. The monoisotopic (exact) mass is 296 g/mol. The number of aromatic nitrogens is 3. The molecule has 106 valence electrons. The van der Waals surface area contributed by atoms with E-state index in [0.717, 1.165) is 21.3 Å². The molecule has 1 aromatic carbocycles. The van der Waals surface area contributed by atoms with Crippen molar-refractivity contribution in [1.82, 2.24) is 20.5 Å². The highest BCUT2D eigenvalue weighted by Crippen LogP contribution is 2.30. The van der Waals surface area contributed by atoms with E-state index >= 15 is 0 Å². The van der Waals surface area contributed by atoms with Crippen molar-refractivity contribution < 1.29 is 0 Å². The Morgan fingerprint density at radius 2 is 1.86 bits per heavy atom. The first-order valence-corrected chi connectivity index (χ1v) is 7.59. The highest BCUT2D eigenvalue weighted by molar-refractivity contribution is 7.14. The van der Waals surface area contributed by atoms with Gasteiger partial charge in [-0.05, 0) is 31.2 Å². The summed E-state index contributed by atoms with van der Waals surface area (Å²) in [5.74, 6) is 0. The molecule has 5 heteroatoms. The minimum atomic E-state index is 0.0569. The van der Waals surface area contributed by atoms with Gasteiger partial charge in [-0.1, -0.05) is 47.7 Å². The fourth-order valence-electron chi connectivity index (χ4n) is 2.23. The molecule has 0 aliphatic heterocycles. The standard InChI is InChI=1S/C16H16N4S/c1-11-7-6-10-18-13(11)15-19-20-16(21-15)14(17-2)12-8-4-3-5-9-12/h3-10,14,17H,1-2H3. The van der Waals surface area contributed by atoms with Gasteiger partial charge in [-0.15, -0.1) is 10.2 Å². The molecule has 1 atom stereocenters. The van der Waals surface area contributed by atoms with E-state index in [4.69, 9.17) is 0 Å². The highest BCUT2D eigenvalue weighted by Gasteiger charge is 2.18. The summed E-state index contributed by atoms with van der Waals surface area (Å²) in [6.07, 6.45) is 1.79. The van der Waals surface area contributed by atoms with Gasteiger partial charge in [0.05, 0.1) is 6.04 Å². The van der Waals surface area contributed by atoms with Crippen molar-refractivity contribution in [3.63, 3.8) is 0 Å². The van der Waals surface area contributed by atoms with E-state index in [1.54, 1.807) is 17.5 Å². The molecule has 0 radical (unpaired) electrons. The number of aryl methyl sites for hydroxylation is 1. The number of nitrogens with zero attached hydrogens (tertiary/aromatic N) is 3. The van der Waals surface area contributed by atoms with Gasteiger partial charge in [-0.25, -0.2) is 0 Å². The Kier molecular flexibility index (Phi) is 4.03. The summed E-state index contributed by atoms with van der Waals surface area (Å²) in [4.78, 5) is 4.41. The Morgan fingerprint density at radius 3 is 2.57 bits per heavy atom. The molecule has 0 aliphatic rings. The Labute approximate surface area is 127 Å². The van der Waals surface area contributed by atoms with Crippen molar-refractivity contribution >= 4 is 11.3 Å². The fraction of sp³-hybridized carbons (Fsp3) is 0.188. The summed E-state index contributed by atoms with van der Waals surface area (Å²) >= 11 is 1.58. The Hall–Kier alpha value is -2.11. The first-order chi connectivity index (χ1) is 10.3. The van der Waals surface area contributed by atoms with E-state index in [0.29, 0.717) is 0 Å². The quantitative estimate of drug-likeness (QED) is 0.803. The maximum absolute atomic E-state index is 4.41. The van der Waals surface area contributed by atoms with Gasteiger partial charge in [0.25, 0.3) is 0 Å². The van der Waals surface area contributed by atoms with Gasteiger partial charge in [0, 0.05) is 6.20 Å². The second-order valence-electron chi connectivity index (χ2n) is 4.75. The summed E-state index contributed by atoms with van der Waals surface area (Å²) in [7, 11) is 1.94. The highest BCUT2D eigenvalue weighted by atomic mass is 32.1. The Morgan fingerprint density at radius 1 is 1.05 bits per heavy atom. The third-order valence-corrected chi connectivity index (χ3v) is 4.32. The zero-order valence-corrected chi connectivity index (χ0v) is 12.8. The summed E-state index contributed by atoms with van der Waals surface area (Å²) in [5, 5.41) is 13.8. The predicted octanol–water partition coefficient (Wildman–Crippen LogP) is 3.22. The lowest BCUT2D eigenvalue weighted by Gasteiger charge is -2.12. The SMILES string of the molecule is CNC(c1ccccc1)c1nnc(-c2ncccc2C)s1. The van der Waals surface area contributed by atoms with E-state index < -0.39 is 0 Å². The molecule has 0 fully saturated rings. The summed E-state index contributed by atoms with van der Waals surface area (Å²) in [5.41, 5.74) is 3.20. The van der Waals surface area contributed by atoms with Crippen LogP contribution >= 0.6 is 11.3 Å². The van der Waals surface area contributed by atoms with Gasteiger partial charge in [0.15, 0.2) is 5.01 Å². The van der Waals surface area contributed by atoms with E-state index in [9.17, 15) is 0 Å². The summed E-state index contributed by atoms with van der Waals surface area (Å²) in [6, 6.07) is 14.3. The van der Waals surface area contributed by atoms with Crippen molar-refractivity contribution in [2.45, 2.75) is 13.0 Å². The molecule has 1 N–H and O–H groups in total. The fourth-order valence-corrected chi connectivity index (χ4v) is 3.28. The molecule has 4 nitrogen and oxygen atoms in total. The van der Waals surface area contributed by atoms with E-state index in [-0.39, 0.29) is 6.04 Å². The van der Waals surface area contributed by atoms with Crippen LogP contribution in [-0.2, 0) is 0 Å². The number of benzene rings is 1. The van der Waals surface area contributed by atoms with Crippen molar-refractivity contribution in [3.8, 4) is 10.7 Å². The van der Waals surface area contributed by atoms with Crippen LogP contribution in [0.4, 0.5) is 0 Å². The number of pyridine rings is 1. The van der Waals surface area contributed by atoms with Crippen molar-refractivity contribution in [1.29, 1.82) is 0 Å². The minimum Gasteiger partial charge on any atom is -0.307 e.